The van der Waals surface area contributed by atoms with Crippen LogP contribution in [0.25, 0.3) is 0 Å². The van der Waals surface area contributed by atoms with Gasteiger partial charge in [-0.05, 0) is 23.8 Å². The average Bonchev–Trinajstić information content (AvgIpc) is 2.66. The second kappa shape index (κ2) is 7.60. The minimum atomic E-state index is -0.492. The summed E-state index contributed by atoms with van der Waals surface area (Å²) in [5, 5.41) is 0. The molecule has 0 spiro atoms. The lowest BCUT2D eigenvalue weighted by Crippen LogP contribution is -2.46. The quantitative estimate of drug-likeness (QED) is 0.636. The number of carbonyl (C=O) groups is 4. The molecule has 4 amide bonds. The van der Waals surface area contributed by atoms with Crippen molar-refractivity contribution in [2.45, 2.75) is 12.8 Å². The third kappa shape index (κ3) is 3.77. The molecular weight excluding hydrogens is 334 g/mol. The van der Waals surface area contributed by atoms with Gasteiger partial charge in [-0.25, -0.2) is 0 Å². The first kappa shape index (κ1) is 17.3. The maximum atomic E-state index is 12.4. The Morgan fingerprint density at radius 1 is 0.923 bits per heavy atom. The van der Waals surface area contributed by atoms with E-state index < -0.39 is 17.7 Å². The molecule has 0 unspecified atom stereocenters. The molecule has 7 nitrogen and oxygen atoms in total. The van der Waals surface area contributed by atoms with Gasteiger partial charge in [0.2, 0.25) is 11.8 Å². The van der Waals surface area contributed by atoms with Gasteiger partial charge in [-0.2, -0.15) is 0 Å². The number of hydrogen-bond acceptors (Lipinski definition) is 4. The monoisotopic (exact) mass is 351 g/mol. The van der Waals surface area contributed by atoms with Gasteiger partial charge in [-0.15, -0.1) is 0 Å². The number of rotatable bonds is 4. The van der Waals surface area contributed by atoms with Crippen LogP contribution in [0.15, 0.2) is 54.6 Å². The predicted molar refractivity (Wildman–Crippen MR) is 92.9 cm³/mol. The van der Waals surface area contributed by atoms with Crippen LogP contribution in [0, 0.1) is 0 Å². The maximum absolute atomic E-state index is 12.4. The fourth-order valence-corrected chi connectivity index (χ4v) is 2.69. The van der Waals surface area contributed by atoms with E-state index in [1.54, 1.807) is 54.6 Å². The Hall–Kier alpha value is -3.48. The molecule has 0 saturated heterocycles. The molecule has 1 aliphatic heterocycles. The molecule has 0 radical (unpaired) electrons. The number of carbonyl (C=O) groups excluding carboxylic acids is 4. The number of hydrogen-bond donors (Lipinski definition) is 2. The molecule has 0 bridgehead atoms. The number of nitrogens with zero attached hydrogens (tertiary/aromatic N) is 1. The van der Waals surface area contributed by atoms with Crippen molar-refractivity contribution < 1.29 is 19.2 Å². The lowest BCUT2D eigenvalue weighted by atomic mass is 9.98. The van der Waals surface area contributed by atoms with E-state index in [0.717, 1.165) is 4.90 Å². The van der Waals surface area contributed by atoms with Crippen molar-refractivity contribution in [3.63, 3.8) is 0 Å². The maximum Gasteiger partial charge on any atom is 0.269 e. The van der Waals surface area contributed by atoms with E-state index in [0.29, 0.717) is 16.7 Å². The summed E-state index contributed by atoms with van der Waals surface area (Å²) in [4.78, 5) is 49.4. The topological polar surface area (TPSA) is 95.6 Å². The standard InChI is InChI=1S/C19H17N3O4/c23-16(20-21-18(25)13-6-2-1-3-7-13)10-11-22-17(24)12-14-8-4-5-9-15(14)19(22)26/h1-9H,10-12H2,(H,20,23)(H,21,25). The molecule has 2 aromatic rings. The van der Waals surface area contributed by atoms with Gasteiger partial charge in [0.1, 0.15) is 0 Å². The molecule has 132 valence electrons. The average molecular weight is 351 g/mol. The van der Waals surface area contributed by atoms with Crippen molar-refractivity contribution in [2.75, 3.05) is 6.54 Å². The number of hydrazine groups is 1. The van der Waals surface area contributed by atoms with Gasteiger partial charge in [0.05, 0.1) is 6.42 Å². The lowest BCUT2D eigenvalue weighted by molar-refractivity contribution is -0.129. The highest BCUT2D eigenvalue weighted by Gasteiger charge is 2.30. The number of imide groups is 1. The molecule has 7 heteroatoms. The molecule has 0 fully saturated rings. The van der Waals surface area contributed by atoms with Crippen LogP contribution < -0.4 is 10.9 Å². The van der Waals surface area contributed by atoms with E-state index in [4.69, 9.17) is 0 Å². The Kier molecular flexibility index (Phi) is 5.07. The minimum absolute atomic E-state index is 0.0426. The molecule has 2 N–H and O–H groups in total. The van der Waals surface area contributed by atoms with Crippen molar-refractivity contribution in [2.24, 2.45) is 0 Å². The highest BCUT2D eigenvalue weighted by molar-refractivity contribution is 6.09. The Bertz CT molecular complexity index is 864. The summed E-state index contributed by atoms with van der Waals surface area (Å²) in [6.45, 7) is -0.0426. The van der Waals surface area contributed by atoms with Crippen molar-refractivity contribution >= 4 is 23.6 Å². The van der Waals surface area contributed by atoms with E-state index in [1.807, 2.05) is 0 Å². The normalized spacial score (nSPS) is 13.2. The SMILES string of the molecule is O=C(CCN1C(=O)Cc2ccccc2C1=O)NNC(=O)c1ccccc1. The molecule has 0 aliphatic carbocycles. The minimum Gasteiger partial charge on any atom is -0.278 e. The molecular formula is C19H17N3O4. The van der Waals surface area contributed by atoms with Crippen molar-refractivity contribution in [3.8, 4) is 0 Å². The van der Waals surface area contributed by atoms with Crippen LogP contribution in [0.5, 0.6) is 0 Å². The van der Waals surface area contributed by atoms with E-state index in [1.165, 1.54) is 0 Å². The summed E-state index contributed by atoms with van der Waals surface area (Å²) in [5.74, 6) is -1.68. The first-order valence-corrected chi connectivity index (χ1v) is 8.13. The van der Waals surface area contributed by atoms with Crippen molar-refractivity contribution in [1.29, 1.82) is 0 Å². The van der Waals surface area contributed by atoms with E-state index >= 15 is 0 Å². The second-order valence-corrected chi connectivity index (χ2v) is 5.80. The van der Waals surface area contributed by atoms with Crippen LogP contribution in [0.2, 0.25) is 0 Å². The van der Waals surface area contributed by atoms with Gasteiger partial charge < -0.3 is 0 Å². The van der Waals surface area contributed by atoms with Crippen LogP contribution >= 0.6 is 0 Å². The van der Waals surface area contributed by atoms with Crippen LogP contribution in [0.4, 0.5) is 0 Å². The van der Waals surface area contributed by atoms with Gasteiger partial charge in [0.15, 0.2) is 0 Å². The summed E-state index contributed by atoms with van der Waals surface area (Å²) in [6.07, 6.45) is 0.0307. The van der Waals surface area contributed by atoms with Gasteiger partial charge in [-0.3, -0.25) is 34.9 Å². The summed E-state index contributed by atoms with van der Waals surface area (Å²) < 4.78 is 0. The third-order valence-corrected chi connectivity index (χ3v) is 4.05. The molecule has 0 atom stereocenters. The van der Waals surface area contributed by atoms with Gasteiger partial charge in [0, 0.05) is 24.1 Å². The molecule has 1 aliphatic rings. The first-order chi connectivity index (χ1) is 12.6. The second-order valence-electron chi connectivity index (χ2n) is 5.80. The largest absolute Gasteiger partial charge is 0.278 e. The third-order valence-electron chi connectivity index (χ3n) is 4.05. The smallest absolute Gasteiger partial charge is 0.269 e. The summed E-state index contributed by atoms with van der Waals surface area (Å²) in [5.41, 5.74) is 6.16. The van der Waals surface area contributed by atoms with Crippen LogP contribution in [0.3, 0.4) is 0 Å². The molecule has 0 aromatic heterocycles. The fourth-order valence-electron chi connectivity index (χ4n) is 2.69. The first-order valence-electron chi connectivity index (χ1n) is 8.13. The van der Waals surface area contributed by atoms with Crippen LogP contribution in [0.1, 0.15) is 32.7 Å². The zero-order chi connectivity index (χ0) is 18.5. The molecule has 2 aromatic carbocycles. The fraction of sp³-hybridized carbons (Fsp3) is 0.158. The lowest BCUT2D eigenvalue weighted by Gasteiger charge is -2.26. The van der Waals surface area contributed by atoms with E-state index in [-0.39, 0.29) is 25.3 Å². The van der Waals surface area contributed by atoms with Crippen molar-refractivity contribution in [1.82, 2.24) is 15.8 Å². The zero-order valence-corrected chi connectivity index (χ0v) is 13.9. The zero-order valence-electron chi connectivity index (χ0n) is 13.9. The highest BCUT2D eigenvalue weighted by Crippen LogP contribution is 2.19. The summed E-state index contributed by atoms with van der Waals surface area (Å²) in [6, 6.07) is 15.3. The number of benzene rings is 2. The van der Waals surface area contributed by atoms with Gasteiger partial charge >= 0.3 is 0 Å². The van der Waals surface area contributed by atoms with Gasteiger partial charge in [0.25, 0.3) is 11.8 Å². The van der Waals surface area contributed by atoms with Crippen molar-refractivity contribution in [3.05, 3.63) is 71.3 Å². The molecule has 0 saturated carbocycles. The molecule has 26 heavy (non-hydrogen) atoms. The number of fused-ring (bicyclic) bond motifs is 1. The van der Waals surface area contributed by atoms with E-state index in [2.05, 4.69) is 10.9 Å². The Morgan fingerprint density at radius 3 is 2.38 bits per heavy atom. The number of nitrogens with one attached hydrogen (secondary N) is 2. The molecule has 1 heterocycles. The van der Waals surface area contributed by atoms with Gasteiger partial charge in [-0.1, -0.05) is 36.4 Å². The summed E-state index contributed by atoms with van der Waals surface area (Å²) >= 11 is 0. The predicted octanol–water partition coefficient (Wildman–Crippen LogP) is 1.06. The highest BCUT2D eigenvalue weighted by atomic mass is 16.2. The Morgan fingerprint density at radius 2 is 1.62 bits per heavy atom. The Balaban J connectivity index is 1.52. The van der Waals surface area contributed by atoms with E-state index in [9.17, 15) is 19.2 Å². The number of amides is 4. The summed E-state index contributed by atoms with van der Waals surface area (Å²) in [7, 11) is 0. The Labute approximate surface area is 150 Å². The van der Waals surface area contributed by atoms with Crippen LogP contribution in [-0.2, 0) is 16.0 Å². The van der Waals surface area contributed by atoms with Crippen LogP contribution in [-0.4, -0.2) is 35.1 Å². The molecule has 3 rings (SSSR count).